The van der Waals surface area contributed by atoms with Crippen LogP contribution in [-0.4, -0.2) is 41.9 Å². The number of halogens is 1. The molecule has 0 aromatic heterocycles. The highest BCUT2D eigenvalue weighted by Crippen LogP contribution is 2.22. The lowest BCUT2D eigenvalue weighted by Crippen LogP contribution is -2.50. The van der Waals surface area contributed by atoms with Gasteiger partial charge in [0.15, 0.2) is 0 Å². The van der Waals surface area contributed by atoms with Gasteiger partial charge < -0.3 is 9.64 Å². The van der Waals surface area contributed by atoms with Crippen LogP contribution in [0.3, 0.4) is 0 Å². The molecule has 0 saturated carbocycles. The molecule has 0 N–H and O–H groups in total. The zero-order valence-corrected chi connectivity index (χ0v) is 14.2. The third-order valence-electron chi connectivity index (χ3n) is 3.40. The first-order valence-corrected chi connectivity index (χ1v) is 8.63. The van der Waals surface area contributed by atoms with Crippen molar-refractivity contribution in [1.29, 1.82) is 0 Å². The van der Waals surface area contributed by atoms with Crippen LogP contribution in [0.4, 0.5) is 0 Å². The van der Waals surface area contributed by atoms with E-state index in [-0.39, 0.29) is 11.5 Å². The van der Waals surface area contributed by atoms with Gasteiger partial charge in [-0.1, -0.05) is 11.6 Å². The molecular formula is C16H22ClNO2S. The van der Waals surface area contributed by atoms with Crippen molar-refractivity contribution in [1.82, 2.24) is 4.90 Å². The van der Waals surface area contributed by atoms with Crippen molar-refractivity contribution in [2.75, 3.05) is 25.4 Å². The molecule has 0 spiro atoms. The Labute approximate surface area is 136 Å². The minimum absolute atomic E-state index is 0.216. The van der Waals surface area contributed by atoms with Crippen LogP contribution >= 0.6 is 23.4 Å². The van der Waals surface area contributed by atoms with Gasteiger partial charge in [0, 0.05) is 29.4 Å². The Morgan fingerprint density at radius 3 is 2.76 bits per heavy atom. The number of hydrogen-bond acceptors (Lipinski definition) is 3. The maximum absolute atomic E-state index is 12.2. The summed E-state index contributed by atoms with van der Waals surface area (Å²) in [6, 6.07) is 7.81. The maximum Gasteiger partial charge on any atom is 0.222 e. The maximum atomic E-state index is 12.2. The van der Waals surface area contributed by atoms with Crippen molar-refractivity contribution in [2.45, 2.75) is 37.2 Å². The molecule has 1 amide bonds. The van der Waals surface area contributed by atoms with E-state index < -0.39 is 0 Å². The second-order valence-corrected chi connectivity index (χ2v) is 7.43. The average Bonchev–Trinajstić information content (AvgIpc) is 2.44. The molecule has 0 atom stereocenters. The topological polar surface area (TPSA) is 29.5 Å². The number of amides is 1. The predicted molar refractivity (Wildman–Crippen MR) is 88.0 cm³/mol. The van der Waals surface area contributed by atoms with E-state index in [0.29, 0.717) is 26.1 Å². The van der Waals surface area contributed by atoms with Gasteiger partial charge in [-0.15, -0.1) is 11.8 Å². The molecule has 0 unspecified atom stereocenters. The molecule has 116 valence electrons. The minimum Gasteiger partial charge on any atom is -0.372 e. The number of morpholine rings is 1. The fraction of sp³-hybridized carbons (Fsp3) is 0.562. The summed E-state index contributed by atoms with van der Waals surface area (Å²) in [6.07, 6.45) is 1.50. The summed E-state index contributed by atoms with van der Waals surface area (Å²) < 4.78 is 5.63. The van der Waals surface area contributed by atoms with E-state index in [9.17, 15) is 4.79 Å². The van der Waals surface area contributed by atoms with E-state index in [2.05, 4.69) is 0 Å². The van der Waals surface area contributed by atoms with Crippen LogP contribution in [0, 0.1) is 0 Å². The SMILES string of the molecule is CC1(C)CN(C(=O)CCCSc2ccc(Cl)cc2)CCO1. The largest absolute Gasteiger partial charge is 0.372 e. The highest BCUT2D eigenvalue weighted by Gasteiger charge is 2.29. The number of carbonyl (C=O) groups excluding carboxylic acids is 1. The molecule has 1 aliphatic heterocycles. The van der Waals surface area contributed by atoms with Gasteiger partial charge in [0.1, 0.15) is 0 Å². The Balaban J connectivity index is 1.68. The number of nitrogens with zero attached hydrogens (tertiary/aromatic N) is 1. The molecule has 1 fully saturated rings. The molecule has 0 radical (unpaired) electrons. The molecule has 3 nitrogen and oxygen atoms in total. The fourth-order valence-corrected chi connectivity index (χ4v) is 3.31. The molecule has 1 aliphatic rings. The molecule has 5 heteroatoms. The van der Waals surface area contributed by atoms with Crippen molar-refractivity contribution in [3.8, 4) is 0 Å². The average molecular weight is 328 g/mol. The van der Waals surface area contributed by atoms with Crippen LogP contribution in [0.15, 0.2) is 29.2 Å². The molecule has 2 rings (SSSR count). The van der Waals surface area contributed by atoms with Crippen molar-refractivity contribution in [3.05, 3.63) is 29.3 Å². The third-order valence-corrected chi connectivity index (χ3v) is 4.75. The van der Waals surface area contributed by atoms with Gasteiger partial charge in [0.25, 0.3) is 0 Å². The second kappa shape index (κ2) is 7.52. The third kappa shape index (κ3) is 5.53. The van der Waals surface area contributed by atoms with Crippen LogP contribution in [0.1, 0.15) is 26.7 Å². The highest BCUT2D eigenvalue weighted by atomic mass is 35.5. The smallest absolute Gasteiger partial charge is 0.222 e. The monoisotopic (exact) mass is 327 g/mol. The first kappa shape index (κ1) is 16.7. The molecular weight excluding hydrogens is 306 g/mol. The van der Waals surface area contributed by atoms with Crippen molar-refractivity contribution in [2.24, 2.45) is 0 Å². The first-order valence-electron chi connectivity index (χ1n) is 7.26. The number of benzene rings is 1. The van der Waals surface area contributed by atoms with Crippen LogP contribution in [0.5, 0.6) is 0 Å². The Bertz CT molecular complexity index is 476. The summed E-state index contributed by atoms with van der Waals surface area (Å²) in [7, 11) is 0. The van der Waals surface area contributed by atoms with Crippen LogP contribution < -0.4 is 0 Å². The van der Waals surface area contributed by atoms with Gasteiger partial charge in [-0.25, -0.2) is 0 Å². The minimum atomic E-state index is -0.216. The van der Waals surface area contributed by atoms with Gasteiger partial charge >= 0.3 is 0 Å². The van der Waals surface area contributed by atoms with E-state index in [4.69, 9.17) is 16.3 Å². The molecule has 21 heavy (non-hydrogen) atoms. The number of ether oxygens (including phenoxy) is 1. The Kier molecular flexibility index (Phi) is 5.97. The quantitative estimate of drug-likeness (QED) is 0.607. The van der Waals surface area contributed by atoms with E-state index in [1.54, 1.807) is 11.8 Å². The summed E-state index contributed by atoms with van der Waals surface area (Å²) in [6.45, 7) is 6.10. The summed E-state index contributed by atoms with van der Waals surface area (Å²) in [5.74, 6) is 1.18. The van der Waals surface area contributed by atoms with Crippen LogP contribution in [0.2, 0.25) is 5.02 Å². The number of rotatable bonds is 5. The predicted octanol–water partition coefficient (Wildman–Crippen LogP) is 3.85. The fourth-order valence-electron chi connectivity index (χ4n) is 2.33. The highest BCUT2D eigenvalue weighted by molar-refractivity contribution is 7.99. The first-order chi connectivity index (χ1) is 9.96. The van der Waals surface area contributed by atoms with Crippen LogP contribution in [-0.2, 0) is 9.53 Å². The van der Waals surface area contributed by atoms with Gasteiger partial charge in [0.2, 0.25) is 5.91 Å². The van der Waals surface area contributed by atoms with E-state index in [0.717, 1.165) is 17.2 Å². The lowest BCUT2D eigenvalue weighted by atomic mass is 10.1. The zero-order valence-electron chi connectivity index (χ0n) is 12.6. The van der Waals surface area contributed by atoms with E-state index in [1.807, 2.05) is 43.0 Å². The summed E-state index contributed by atoms with van der Waals surface area (Å²) in [5, 5.41) is 0.754. The molecule has 1 saturated heterocycles. The molecule has 0 aliphatic carbocycles. The molecule has 1 aromatic rings. The van der Waals surface area contributed by atoms with Crippen molar-refractivity contribution >= 4 is 29.3 Å². The Morgan fingerprint density at radius 1 is 1.38 bits per heavy atom. The number of carbonyl (C=O) groups is 1. The van der Waals surface area contributed by atoms with Gasteiger partial charge in [-0.3, -0.25) is 4.79 Å². The van der Waals surface area contributed by atoms with Crippen molar-refractivity contribution < 1.29 is 9.53 Å². The normalized spacial score (nSPS) is 17.8. The molecule has 1 heterocycles. The summed E-state index contributed by atoms with van der Waals surface area (Å²) in [4.78, 5) is 15.3. The van der Waals surface area contributed by atoms with E-state index >= 15 is 0 Å². The molecule has 1 aromatic carbocycles. The molecule has 0 bridgehead atoms. The van der Waals surface area contributed by atoms with Crippen molar-refractivity contribution in [3.63, 3.8) is 0 Å². The van der Waals surface area contributed by atoms with Crippen LogP contribution in [0.25, 0.3) is 0 Å². The lowest BCUT2D eigenvalue weighted by molar-refractivity contribution is -0.145. The standard InChI is InChI=1S/C16H22ClNO2S/c1-16(2)12-18(9-10-20-16)15(19)4-3-11-21-14-7-5-13(17)6-8-14/h5-8H,3-4,9-12H2,1-2H3. The zero-order chi connectivity index (χ0) is 15.3. The van der Waals surface area contributed by atoms with Gasteiger partial charge in [-0.05, 0) is 50.3 Å². The Hall–Kier alpha value is -0.710. The lowest BCUT2D eigenvalue weighted by Gasteiger charge is -2.38. The second-order valence-electron chi connectivity index (χ2n) is 5.83. The summed E-state index contributed by atoms with van der Waals surface area (Å²) in [5.41, 5.74) is -0.216. The Morgan fingerprint density at radius 2 is 2.10 bits per heavy atom. The van der Waals surface area contributed by atoms with Gasteiger partial charge in [0.05, 0.1) is 12.2 Å². The number of hydrogen-bond donors (Lipinski definition) is 0. The van der Waals surface area contributed by atoms with Gasteiger partial charge in [-0.2, -0.15) is 0 Å². The number of thioether (sulfide) groups is 1. The van der Waals surface area contributed by atoms with E-state index in [1.165, 1.54) is 4.90 Å². The summed E-state index contributed by atoms with van der Waals surface area (Å²) >= 11 is 7.62.